The van der Waals surface area contributed by atoms with Crippen LogP contribution in [0.3, 0.4) is 0 Å². The molecule has 2 aromatic carbocycles. The van der Waals surface area contributed by atoms with Gasteiger partial charge in [0.25, 0.3) is 5.91 Å². The molecule has 0 aliphatic heterocycles. The van der Waals surface area contributed by atoms with Crippen molar-refractivity contribution in [2.75, 3.05) is 24.9 Å². The summed E-state index contributed by atoms with van der Waals surface area (Å²) in [5.41, 5.74) is 0.277. The Morgan fingerprint density at radius 1 is 0.968 bits per heavy atom. The first-order chi connectivity index (χ1) is 14.8. The molecule has 0 unspecified atom stereocenters. The second-order valence-corrected chi connectivity index (χ2v) is 5.89. The molecule has 10 nitrogen and oxygen atoms in total. The molecule has 0 aliphatic carbocycles. The minimum atomic E-state index is -1.12. The summed E-state index contributed by atoms with van der Waals surface area (Å²) in [6.07, 6.45) is 1.06. The predicted octanol–water partition coefficient (Wildman–Crippen LogP) is 2.42. The number of anilines is 2. The summed E-state index contributed by atoms with van der Waals surface area (Å²) in [5.74, 6) is -3.24. The van der Waals surface area contributed by atoms with E-state index in [4.69, 9.17) is 5.11 Å². The van der Waals surface area contributed by atoms with Crippen molar-refractivity contribution in [3.05, 3.63) is 70.9 Å². The third-order valence-corrected chi connectivity index (χ3v) is 3.97. The number of methoxy groups -OCH3 is 2. The highest BCUT2D eigenvalue weighted by molar-refractivity contribution is 6.07. The van der Waals surface area contributed by atoms with E-state index in [2.05, 4.69) is 20.1 Å². The lowest BCUT2D eigenvalue weighted by atomic mass is 10.1. The van der Waals surface area contributed by atoms with Crippen LogP contribution in [0.4, 0.5) is 11.4 Å². The number of carbonyl (C=O) groups is 4. The van der Waals surface area contributed by atoms with Gasteiger partial charge in [-0.2, -0.15) is 5.26 Å². The summed E-state index contributed by atoms with van der Waals surface area (Å²) in [7, 11) is 2.38. The summed E-state index contributed by atoms with van der Waals surface area (Å²) in [6, 6.07) is 11.1. The number of rotatable bonds is 7. The van der Waals surface area contributed by atoms with Crippen LogP contribution in [0, 0.1) is 11.3 Å². The fraction of sp³-hybridized carbons (Fsp3) is 0.0952. The maximum absolute atomic E-state index is 12.4. The highest BCUT2D eigenvalue weighted by Gasteiger charge is 2.16. The maximum Gasteiger partial charge on any atom is 0.339 e. The molecule has 0 radical (unpaired) electrons. The standard InChI is InChI=1S/C21H17N3O7/c1-30-20(28)13-5-8-16(21(29)31-2)17(9-13)23-11-14(10-22)18(25)24-15-6-3-12(4-7-15)19(26)27/h3-9,11,23H,1-2H3,(H,24,25)(H,26,27)/b14-11-. The average Bonchev–Trinajstić information content (AvgIpc) is 2.78. The molecule has 0 atom stereocenters. The first-order valence-corrected chi connectivity index (χ1v) is 8.63. The molecule has 0 saturated heterocycles. The number of hydrogen-bond acceptors (Lipinski definition) is 8. The molecule has 0 aromatic heterocycles. The van der Waals surface area contributed by atoms with E-state index < -0.39 is 23.8 Å². The van der Waals surface area contributed by atoms with Gasteiger partial charge in [0, 0.05) is 11.9 Å². The molecule has 0 fully saturated rings. The van der Waals surface area contributed by atoms with Crippen LogP contribution in [0.5, 0.6) is 0 Å². The molecule has 0 saturated carbocycles. The van der Waals surface area contributed by atoms with E-state index in [1.165, 1.54) is 56.7 Å². The second kappa shape index (κ2) is 10.2. The minimum Gasteiger partial charge on any atom is -0.478 e. The number of amides is 1. The minimum absolute atomic E-state index is 0.0385. The molecule has 3 N–H and O–H groups in total. The molecule has 0 aliphatic rings. The number of benzene rings is 2. The Morgan fingerprint density at radius 2 is 1.58 bits per heavy atom. The van der Waals surface area contributed by atoms with Crippen molar-refractivity contribution in [1.29, 1.82) is 5.26 Å². The first-order valence-electron chi connectivity index (χ1n) is 8.63. The van der Waals surface area contributed by atoms with Crippen LogP contribution >= 0.6 is 0 Å². The maximum atomic E-state index is 12.4. The van der Waals surface area contributed by atoms with E-state index in [1.807, 2.05) is 0 Å². The fourth-order valence-electron chi connectivity index (χ4n) is 2.39. The average molecular weight is 423 g/mol. The predicted molar refractivity (Wildman–Crippen MR) is 108 cm³/mol. The molecule has 0 bridgehead atoms. The van der Waals surface area contributed by atoms with Crippen molar-refractivity contribution in [1.82, 2.24) is 0 Å². The number of carboxylic acid groups (broad SMARTS) is 1. The SMILES string of the molecule is COC(=O)c1ccc(C(=O)OC)c(N/C=C(/C#N)C(=O)Nc2ccc(C(=O)O)cc2)c1. The Kier molecular flexibility index (Phi) is 7.46. The van der Waals surface area contributed by atoms with E-state index in [1.54, 1.807) is 6.07 Å². The third kappa shape index (κ3) is 5.68. The zero-order chi connectivity index (χ0) is 23.0. The van der Waals surface area contributed by atoms with Crippen molar-refractivity contribution in [3.63, 3.8) is 0 Å². The van der Waals surface area contributed by atoms with E-state index in [9.17, 15) is 24.4 Å². The number of esters is 2. The Labute approximate surface area is 176 Å². The zero-order valence-electron chi connectivity index (χ0n) is 16.5. The Hall–Kier alpha value is -4.65. The van der Waals surface area contributed by atoms with Crippen LogP contribution in [0.15, 0.2) is 54.2 Å². The van der Waals surface area contributed by atoms with Gasteiger partial charge in [-0.05, 0) is 42.5 Å². The first kappa shape index (κ1) is 22.6. The van der Waals surface area contributed by atoms with Crippen molar-refractivity contribution >= 4 is 35.2 Å². The number of aromatic carboxylic acids is 1. The lowest BCUT2D eigenvalue weighted by molar-refractivity contribution is -0.112. The highest BCUT2D eigenvalue weighted by atomic mass is 16.5. The van der Waals surface area contributed by atoms with Gasteiger partial charge in [-0.15, -0.1) is 0 Å². The molecule has 1 amide bonds. The van der Waals surface area contributed by atoms with Crippen LogP contribution in [0.2, 0.25) is 0 Å². The quantitative estimate of drug-likeness (QED) is 0.346. The van der Waals surface area contributed by atoms with Gasteiger partial charge in [0.2, 0.25) is 0 Å². The Balaban J connectivity index is 2.27. The Bertz CT molecular complexity index is 1100. The van der Waals surface area contributed by atoms with Crippen LogP contribution in [-0.4, -0.2) is 43.1 Å². The van der Waals surface area contributed by atoms with Crippen molar-refractivity contribution in [2.45, 2.75) is 0 Å². The van der Waals surface area contributed by atoms with Gasteiger partial charge in [0.05, 0.1) is 36.6 Å². The number of carbonyl (C=O) groups excluding carboxylic acids is 3. The largest absolute Gasteiger partial charge is 0.478 e. The van der Waals surface area contributed by atoms with Gasteiger partial charge < -0.3 is 25.2 Å². The number of hydrogen-bond donors (Lipinski definition) is 3. The number of nitriles is 1. The zero-order valence-corrected chi connectivity index (χ0v) is 16.5. The van der Waals surface area contributed by atoms with Gasteiger partial charge in [0.1, 0.15) is 11.6 Å². The summed E-state index contributed by atoms with van der Waals surface area (Å²) >= 11 is 0. The number of ether oxygens (including phenoxy) is 2. The van der Waals surface area contributed by atoms with Crippen molar-refractivity contribution in [2.24, 2.45) is 0 Å². The molecule has 158 valence electrons. The van der Waals surface area contributed by atoms with E-state index in [-0.39, 0.29) is 33.6 Å². The smallest absolute Gasteiger partial charge is 0.339 e. The van der Waals surface area contributed by atoms with Gasteiger partial charge in [-0.25, -0.2) is 14.4 Å². The number of nitrogens with zero attached hydrogens (tertiary/aromatic N) is 1. The molecular weight excluding hydrogens is 406 g/mol. The third-order valence-electron chi connectivity index (χ3n) is 3.97. The summed E-state index contributed by atoms with van der Waals surface area (Å²) in [4.78, 5) is 47.0. The van der Waals surface area contributed by atoms with Gasteiger partial charge in [0.15, 0.2) is 0 Å². The van der Waals surface area contributed by atoms with Gasteiger partial charge in [-0.3, -0.25) is 4.79 Å². The van der Waals surface area contributed by atoms with E-state index in [0.29, 0.717) is 0 Å². The molecule has 31 heavy (non-hydrogen) atoms. The highest BCUT2D eigenvalue weighted by Crippen LogP contribution is 2.20. The summed E-state index contributed by atoms with van der Waals surface area (Å²) in [5, 5.41) is 23.3. The number of carboxylic acids is 1. The summed E-state index contributed by atoms with van der Waals surface area (Å²) in [6.45, 7) is 0. The monoisotopic (exact) mass is 423 g/mol. The topological polar surface area (TPSA) is 155 Å². The van der Waals surface area contributed by atoms with Crippen LogP contribution in [-0.2, 0) is 14.3 Å². The van der Waals surface area contributed by atoms with Gasteiger partial charge in [-0.1, -0.05) is 0 Å². The summed E-state index contributed by atoms with van der Waals surface area (Å²) < 4.78 is 9.33. The van der Waals surface area contributed by atoms with Crippen molar-refractivity contribution < 1.29 is 33.8 Å². The number of nitrogens with one attached hydrogen (secondary N) is 2. The Morgan fingerprint density at radius 3 is 2.13 bits per heavy atom. The molecular formula is C21H17N3O7. The molecule has 2 rings (SSSR count). The van der Waals surface area contributed by atoms with Crippen molar-refractivity contribution in [3.8, 4) is 6.07 Å². The van der Waals surface area contributed by atoms with E-state index >= 15 is 0 Å². The second-order valence-electron chi connectivity index (χ2n) is 5.89. The molecule has 0 spiro atoms. The van der Waals surface area contributed by atoms with Gasteiger partial charge >= 0.3 is 17.9 Å². The lowest BCUT2D eigenvalue weighted by Crippen LogP contribution is -2.15. The molecule has 2 aromatic rings. The van der Waals surface area contributed by atoms with Crippen LogP contribution < -0.4 is 10.6 Å². The molecule has 10 heteroatoms. The lowest BCUT2D eigenvalue weighted by Gasteiger charge is -2.10. The normalized spacial score (nSPS) is 10.4. The van der Waals surface area contributed by atoms with Crippen LogP contribution in [0.25, 0.3) is 0 Å². The van der Waals surface area contributed by atoms with Crippen LogP contribution in [0.1, 0.15) is 31.1 Å². The fourth-order valence-corrected chi connectivity index (χ4v) is 2.39. The van der Waals surface area contributed by atoms with E-state index in [0.717, 1.165) is 6.20 Å². The molecule has 0 heterocycles.